The summed E-state index contributed by atoms with van der Waals surface area (Å²) in [5.41, 5.74) is 4.03. The van der Waals surface area contributed by atoms with Crippen molar-refractivity contribution in [1.82, 2.24) is 5.43 Å². The summed E-state index contributed by atoms with van der Waals surface area (Å²) in [6, 6.07) is 13.1. The Morgan fingerprint density at radius 2 is 1.82 bits per heavy atom. The predicted octanol–water partition coefficient (Wildman–Crippen LogP) is 3.00. The first-order valence-corrected chi connectivity index (χ1v) is 7.06. The highest BCUT2D eigenvalue weighted by Gasteiger charge is 2.11. The summed E-state index contributed by atoms with van der Waals surface area (Å²) in [6.07, 6.45) is 1.51. The molecule has 0 spiro atoms. The van der Waals surface area contributed by atoms with Crippen molar-refractivity contribution in [3.63, 3.8) is 0 Å². The molecule has 0 radical (unpaired) electrons. The van der Waals surface area contributed by atoms with E-state index in [-0.39, 0.29) is 11.7 Å². The maximum absolute atomic E-state index is 11.9. The second-order valence-corrected chi connectivity index (χ2v) is 5.14. The number of nitrogens with one attached hydrogen (secondary N) is 2. The number of rotatable bonds is 5. The standard InChI is InChI=1S/C16H16ClN3O2/c1-11(19-14-6-4-13(17)5-7-14)16(22)20-18-10-12-2-8-15(21)9-3-12/h2-11,19,21H,1H3,(H,20,22)/b18-10-/t11-/m1/s1. The molecule has 0 heterocycles. The zero-order valence-electron chi connectivity index (χ0n) is 12.0. The Morgan fingerprint density at radius 1 is 1.18 bits per heavy atom. The summed E-state index contributed by atoms with van der Waals surface area (Å²) in [6.45, 7) is 1.74. The molecule has 0 saturated carbocycles. The fourth-order valence-electron chi connectivity index (χ4n) is 1.69. The number of carbonyl (C=O) groups excluding carboxylic acids is 1. The summed E-state index contributed by atoms with van der Waals surface area (Å²) >= 11 is 5.81. The molecule has 5 nitrogen and oxygen atoms in total. The molecule has 3 N–H and O–H groups in total. The van der Waals surface area contributed by atoms with Crippen LogP contribution in [0.15, 0.2) is 53.6 Å². The highest BCUT2D eigenvalue weighted by molar-refractivity contribution is 6.30. The summed E-state index contributed by atoms with van der Waals surface area (Å²) in [5, 5.41) is 16.7. The maximum atomic E-state index is 11.9. The number of benzene rings is 2. The van der Waals surface area contributed by atoms with Crippen LogP contribution in [-0.4, -0.2) is 23.3 Å². The van der Waals surface area contributed by atoms with Gasteiger partial charge in [-0.1, -0.05) is 11.6 Å². The summed E-state index contributed by atoms with van der Waals surface area (Å²) < 4.78 is 0. The van der Waals surface area contributed by atoms with E-state index in [1.807, 2.05) is 0 Å². The van der Waals surface area contributed by atoms with Crippen LogP contribution in [-0.2, 0) is 4.79 Å². The number of anilines is 1. The van der Waals surface area contributed by atoms with Crippen molar-refractivity contribution in [3.8, 4) is 5.75 Å². The van der Waals surface area contributed by atoms with Gasteiger partial charge in [-0.25, -0.2) is 5.43 Å². The van der Waals surface area contributed by atoms with E-state index < -0.39 is 6.04 Å². The maximum Gasteiger partial charge on any atom is 0.262 e. The number of amides is 1. The third-order valence-corrected chi connectivity index (χ3v) is 3.15. The fraction of sp³-hybridized carbons (Fsp3) is 0.125. The third kappa shape index (κ3) is 4.79. The molecule has 6 heteroatoms. The van der Waals surface area contributed by atoms with Gasteiger partial charge in [0.15, 0.2) is 0 Å². The number of nitrogens with zero attached hydrogens (tertiary/aromatic N) is 1. The van der Waals surface area contributed by atoms with E-state index in [0.717, 1.165) is 11.3 Å². The van der Waals surface area contributed by atoms with Crippen LogP contribution < -0.4 is 10.7 Å². The molecule has 0 aliphatic heterocycles. The molecule has 114 valence electrons. The lowest BCUT2D eigenvalue weighted by Crippen LogP contribution is -2.34. The molecule has 0 unspecified atom stereocenters. The molecule has 2 rings (SSSR count). The highest BCUT2D eigenvalue weighted by atomic mass is 35.5. The average molecular weight is 318 g/mol. The zero-order valence-corrected chi connectivity index (χ0v) is 12.7. The molecule has 1 atom stereocenters. The fourth-order valence-corrected chi connectivity index (χ4v) is 1.82. The SMILES string of the molecule is C[C@@H](Nc1ccc(Cl)cc1)C(=O)N/N=C\c1ccc(O)cc1. The van der Waals surface area contributed by atoms with Crippen LogP contribution >= 0.6 is 11.6 Å². The molecule has 0 aliphatic rings. The Kier molecular flexibility index (Phi) is 5.38. The van der Waals surface area contributed by atoms with Crippen molar-refractivity contribution in [2.75, 3.05) is 5.32 Å². The molecular weight excluding hydrogens is 302 g/mol. The smallest absolute Gasteiger partial charge is 0.262 e. The van der Waals surface area contributed by atoms with Crippen LogP contribution in [0.3, 0.4) is 0 Å². The van der Waals surface area contributed by atoms with Crippen LogP contribution in [0.25, 0.3) is 0 Å². The number of carbonyl (C=O) groups is 1. The van der Waals surface area contributed by atoms with Gasteiger partial charge >= 0.3 is 0 Å². The van der Waals surface area contributed by atoms with Crippen LogP contribution in [0.2, 0.25) is 5.02 Å². The van der Waals surface area contributed by atoms with Crippen molar-refractivity contribution in [2.45, 2.75) is 13.0 Å². The zero-order chi connectivity index (χ0) is 15.9. The van der Waals surface area contributed by atoms with Gasteiger partial charge < -0.3 is 10.4 Å². The van der Waals surface area contributed by atoms with Crippen LogP contribution in [0, 0.1) is 0 Å². The lowest BCUT2D eigenvalue weighted by molar-refractivity contribution is -0.121. The van der Waals surface area contributed by atoms with Gasteiger partial charge in [0.1, 0.15) is 11.8 Å². The minimum absolute atomic E-state index is 0.182. The Balaban J connectivity index is 1.85. The average Bonchev–Trinajstić information content (AvgIpc) is 2.51. The molecule has 0 aliphatic carbocycles. The number of aromatic hydroxyl groups is 1. The number of phenolic OH excluding ortho intramolecular Hbond substituents is 1. The van der Waals surface area contributed by atoms with E-state index in [1.165, 1.54) is 6.21 Å². The first kappa shape index (κ1) is 15.9. The van der Waals surface area contributed by atoms with E-state index in [1.54, 1.807) is 55.5 Å². The molecular formula is C16H16ClN3O2. The third-order valence-electron chi connectivity index (χ3n) is 2.90. The van der Waals surface area contributed by atoms with E-state index >= 15 is 0 Å². The lowest BCUT2D eigenvalue weighted by atomic mass is 10.2. The van der Waals surface area contributed by atoms with E-state index in [9.17, 15) is 4.79 Å². The Bertz CT molecular complexity index is 654. The van der Waals surface area contributed by atoms with Crippen molar-refractivity contribution in [1.29, 1.82) is 0 Å². The quantitative estimate of drug-likeness (QED) is 0.586. The molecule has 1 amide bonds. The molecule has 22 heavy (non-hydrogen) atoms. The second-order valence-electron chi connectivity index (χ2n) is 4.70. The van der Waals surface area contributed by atoms with Crippen LogP contribution in [0.5, 0.6) is 5.75 Å². The number of hydrazone groups is 1. The summed E-state index contributed by atoms with van der Waals surface area (Å²) in [7, 11) is 0. The van der Waals surface area contributed by atoms with Crippen molar-refractivity contribution >= 4 is 29.4 Å². The minimum Gasteiger partial charge on any atom is -0.508 e. The Hall–Kier alpha value is -2.53. The van der Waals surface area contributed by atoms with Gasteiger partial charge in [0.2, 0.25) is 0 Å². The summed E-state index contributed by atoms with van der Waals surface area (Å²) in [5.74, 6) is -0.0769. The van der Waals surface area contributed by atoms with E-state index in [4.69, 9.17) is 16.7 Å². The number of hydrogen-bond donors (Lipinski definition) is 3. The van der Waals surface area contributed by atoms with Crippen LogP contribution in [0.1, 0.15) is 12.5 Å². The summed E-state index contributed by atoms with van der Waals surface area (Å²) in [4.78, 5) is 11.9. The molecule has 2 aromatic carbocycles. The molecule has 0 fully saturated rings. The molecule has 0 bridgehead atoms. The topological polar surface area (TPSA) is 73.7 Å². The lowest BCUT2D eigenvalue weighted by Gasteiger charge is -2.13. The highest BCUT2D eigenvalue weighted by Crippen LogP contribution is 2.14. The van der Waals surface area contributed by atoms with Crippen molar-refractivity contribution < 1.29 is 9.90 Å². The number of halogens is 1. The molecule has 0 aromatic heterocycles. The number of phenols is 1. The van der Waals surface area contributed by atoms with Gasteiger partial charge in [-0.05, 0) is 61.0 Å². The molecule has 2 aromatic rings. The second kappa shape index (κ2) is 7.47. The Morgan fingerprint density at radius 3 is 2.45 bits per heavy atom. The minimum atomic E-state index is -0.446. The normalized spacial score (nSPS) is 12.1. The molecule has 0 saturated heterocycles. The van der Waals surface area contributed by atoms with Gasteiger partial charge in [-0.15, -0.1) is 0 Å². The predicted molar refractivity (Wildman–Crippen MR) is 88.4 cm³/mol. The van der Waals surface area contributed by atoms with Crippen molar-refractivity contribution in [2.24, 2.45) is 5.10 Å². The first-order valence-electron chi connectivity index (χ1n) is 6.68. The van der Waals surface area contributed by atoms with Crippen molar-refractivity contribution in [3.05, 3.63) is 59.1 Å². The van der Waals surface area contributed by atoms with Gasteiger partial charge in [0, 0.05) is 10.7 Å². The van der Waals surface area contributed by atoms with Gasteiger partial charge in [0.25, 0.3) is 5.91 Å². The van der Waals surface area contributed by atoms with Gasteiger partial charge in [-0.3, -0.25) is 4.79 Å². The Labute approximate surface area is 133 Å². The van der Waals surface area contributed by atoms with E-state index in [0.29, 0.717) is 5.02 Å². The van der Waals surface area contributed by atoms with Gasteiger partial charge in [0.05, 0.1) is 6.21 Å². The monoisotopic (exact) mass is 317 g/mol. The van der Waals surface area contributed by atoms with E-state index in [2.05, 4.69) is 15.8 Å². The van der Waals surface area contributed by atoms with Crippen LogP contribution in [0.4, 0.5) is 5.69 Å². The number of hydrogen-bond acceptors (Lipinski definition) is 4. The first-order chi connectivity index (χ1) is 10.5. The van der Waals surface area contributed by atoms with Gasteiger partial charge in [-0.2, -0.15) is 5.10 Å². The largest absolute Gasteiger partial charge is 0.508 e.